The second-order valence-corrected chi connectivity index (χ2v) is 7.26. The van der Waals surface area contributed by atoms with E-state index >= 15 is 0 Å². The van der Waals surface area contributed by atoms with Gasteiger partial charge in [-0.1, -0.05) is 42.5 Å². The van der Waals surface area contributed by atoms with Gasteiger partial charge in [0.2, 0.25) is 5.91 Å². The Kier molecular flexibility index (Phi) is 4.94. The molecule has 2 atom stereocenters. The van der Waals surface area contributed by atoms with E-state index in [0.717, 1.165) is 19.4 Å². The predicted octanol–water partition coefficient (Wildman–Crippen LogP) is 3.10. The van der Waals surface area contributed by atoms with Gasteiger partial charge in [-0.2, -0.15) is 0 Å². The highest BCUT2D eigenvalue weighted by molar-refractivity contribution is 6.06. The lowest BCUT2D eigenvalue weighted by atomic mass is 10.1. The predicted molar refractivity (Wildman–Crippen MR) is 102 cm³/mol. The van der Waals surface area contributed by atoms with Crippen molar-refractivity contribution in [3.05, 3.63) is 65.7 Å². The summed E-state index contributed by atoms with van der Waals surface area (Å²) in [6, 6.07) is 17.8. The third-order valence-electron chi connectivity index (χ3n) is 5.67. The highest BCUT2D eigenvalue weighted by Gasteiger charge is 2.42. The molecule has 2 aliphatic heterocycles. The van der Waals surface area contributed by atoms with Crippen LogP contribution in [0.25, 0.3) is 0 Å². The van der Waals surface area contributed by atoms with Gasteiger partial charge in [0.05, 0.1) is 12.7 Å². The summed E-state index contributed by atoms with van der Waals surface area (Å²) in [6.45, 7) is 1.26. The zero-order chi connectivity index (χ0) is 18.8. The van der Waals surface area contributed by atoms with Crippen LogP contribution < -0.4 is 4.74 Å². The summed E-state index contributed by atoms with van der Waals surface area (Å²) >= 11 is 0. The highest BCUT2D eigenvalue weighted by Crippen LogP contribution is 2.33. The van der Waals surface area contributed by atoms with Crippen LogP contribution in [0.2, 0.25) is 0 Å². The fourth-order valence-electron chi connectivity index (χ4n) is 4.27. The average molecular weight is 364 g/mol. The Hall–Kier alpha value is -2.66. The SMILES string of the molecule is COc1ccccc1C(=O)N1C[C@H]2CC[C@H](CC1=O)N2Cc1ccccc1. The number of likely N-dealkylation sites (tertiary alicyclic amines) is 1. The minimum Gasteiger partial charge on any atom is -0.496 e. The largest absolute Gasteiger partial charge is 0.496 e. The van der Waals surface area contributed by atoms with Crippen molar-refractivity contribution >= 4 is 11.8 Å². The maximum Gasteiger partial charge on any atom is 0.264 e. The van der Waals surface area contributed by atoms with Gasteiger partial charge in [0, 0.05) is 31.6 Å². The smallest absolute Gasteiger partial charge is 0.264 e. The first-order valence-corrected chi connectivity index (χ1v) is 9.44. The molecule has 0 aliphatic carbocycles. The van der Waals surface area contributed by atoms with Crippen molar-refractivity contribution in [2.45, 2.75) is 37.9 Å². The molecule has 0 unspecified atom stereocenters. The molecule has 2 aromatic rings. The number of carbonyl (C=O) groups excluding carboxylic acids is 2. The maximum absolute atomic E-state index is 13.1. The number of hydrogen-bond acceptors (Lipinski definition) is 4. The first kappa shape index (κ1) is 17.7. The molecule has 140 valence electrons. The lowest BCUT2D eigenvalue weighted by Crippen LogP contribution is -2.42. The summed E-state index contributed by atoms with van der Waals surface area (Å²) in [4.78, 5) is 29.8. The van der Waals surface area contributed by atoms with Crippen LogP contribution in [0.15, 0.2) is 54.6 Å². The second kappa shape index (κ2) is 7.53. The molecule has 4 rings (SSSR count). The summed E-state index contributed by atoms with van der Waals surface area (Å²) in [7, 11) is 1.54. The summed E-state index contributed by atoms with van der Waals surface area (Å²) < 4.78 is 5.32. The van der Waals surface area contributed by atoms with Crippen molar-refractivity contribution in [3.8, 4) is 5.75 Å². The number of para-hydroxylation sites is 1. The molecule has 2 fully saturated rings. The van der Waals surface area contributed by atoms with Crippen molar-refractivity contribution in [1.82, 2.24) is 9.80 Å². The van der Waals surface area contributed by atoms with E-state index in [4.69, 9.17) is 4.74 Å². The minimum atomic E-state index is -0.260. The normalized spacial score (nSPS) is 22.6. The summed E-state index contributed by atoms with van der Waals surface area (Å²) in [5.41, 5.74) is 1.69. The molecule has 2 aliphatic rings. The highest BCUT2D eigenvalue weighted by atomic mass is 16.5. The van der Waals surface area contributed by atoms with Crippen molar-refractivity contribution in [3.63, 3.8) is 0 Å². The number of carbonyl (C=O) groups is 2. The Morgan fingerprint density at radius 2 is 1.74 bits per heavy atom. The zero-order valence-electron chi connectivity index (χ0n) is 15.5. The number of nitrogens with zero attached hydrogens (tertiary/aromatic N) is 2. The molecule has 0 saturated carbocycles. The van der Waals surface area contributed by atoms with E-state index in [1.54, 1.807) is 25.3 Å². The average Bonchev–Trinajstić information content (AvgIpc) is 3.00. The topological polar surface area (TPSA) is 49.9 Å². The van der Waals surface area contributed by atoms with Crippen LogP contribution in [-0.4, -0.2) is 47.4 Å². The van der Waals surface area contributed by atoms with Gasteiger partial charge < -0.3 is 4.74 Å². The van der Waals surface area contributed by atoms with Gasteiger partial charge >= 0.3 is 0 Å². The number of benzene rings is 2. The van der Waals surface area contributed by atoms with Gasteiger partial charge in [0.1, 0.15) is 5.75 Å². The summed E-state index contributed by atoms with van der Waals surface area (Å²) in [5, 5.41) is 0. The second-order valence-electron chi connectivity index (χ2n) is 7.26. The van der Waals surface area contributed by atoms with Gasteiger partial charge in [-0.15, -0.1) is 0 Å². The molecule has 27 heavy (non-hydrogen) atoms. The van der Waals surface area contributed by atoms with Gasteiger partial charge in [0.15, 0.2) is 0 Å². The summed E-state index contributed by atoms with van der Waals surface area (Å²) in [5.74, 6) is 0.159. The number of hydrogen-bond donors (Lipinski definition) is 0. The first-order valence-electron chi connectivity index (χ1n) is 9.44. The minimum absolute atomic E-state index is 0.0869. The fraction of sp³-hybridized carbons (Fsp3) is 0.364. The number of ether oxygens (including phenoxy) is 1. The summed E-state index contributed by atoms with van der Waals surface area (Å²) in [6.07, 6.45) is 2.42. The van der Waals surface area contributed by atoms with Crippen molar-refractivity contribution in [1.29, 1.82) is 0 Å². The Morgan fingerprint density at radius 1 is 1.04 bits per heavy atom. The molecule has 5 nitrogen and oxygen atoms in total. The maximum atomic E-state index is 13.1. The quantitative estimate of drug-likeness (QED) is 0.783. The van der Waals surface area contributed by atoms with Crippen LogP contribution in [0.1, 0.15) is 35.2 Å². The van der Waals surface area contributed by atoms with Crippen LogP contribution in [0.4, 0.5) is 0 Å². The number of fused-ring (bicyclic) bond motifs is 2. The van der Waals surface area contributed by atoms with Crippen LogP contribution in [0.3, 0.4) is 0 Å². The molecule has 0 aromatic heterocycles. The first-order chi connectivity index (χ1) is 13.2. The van der Waals surface area contributed by atoms with Crippen molar-refractivity contribution in [2.24, 2.45) is 0 Å². The molecule has 2 aromatic carbocycles. The van der Waals surface area contributed by atoms with Crippen LogP contribution in [0.5, 0.6) is 5.75 Å². The Morgan fingerprint density at radius 3 is 2.52 bits per heavy atom. The van der Waals surface area contributed by atoms with Gasteiger partial charge in [-0.25, -0.2) is 0 Å². The molecule has 2 amide bonds. The molecule has 0 N–H and O–H groups in total. The molecular formula is C22H24N2O3. The Labute approximate surface area is 159 Å². The lowest BCUT2D eigenvalue weighted by molar-refractivity contribution is -0.128. The van der Waals surface area contributed by atoms with Crippen LogP contribution in [-0.2, 0) is 11.3 Å². The fourth-order valence-corrected chi connectivity index (χ4v) is 4.27. The third-order valence-corrected chi connectivity index (χ3v) is 5.67. The molecular weight excluding hydrogens is 340 g/mol. The van der Waals surface area contributed by atoms with Gasteiger partial charge in [0.25, 0.3) is 5.91 Å². The number of imide groups is 1. The molecule has 5 heteroatoms. The number of amides is 2. The van der Waals surface area contributed by atoms with E-state index in [-0.39, 0.29) is 23.9 Å². The van der Waals surface area contributed by atoms with Crippen molar-refractivity contribution < 1.29 is 14.3 Å². The van der Waals surface area contributed by atoms with E-state index in [2.05, 4.69) is 17.0 Å². The van der Waals surface area contributed by atoms with Gasteiger partial charge in [-0.05, 0) is 30.5 Å². The van der Waals surface area contributed by atoms with Crippen LogP contribution >= 0.6 is 0 Å². The van der Waals surface area contributed by atoms with Gasteiger partial charge in [-0.3, -0.25) is 19.4 Å². The Balaban J connectivity index is 1.57. The monoisotopic (exact) mass is 364 g/mol. The molecule has 2 bridgehead atoms. The van der Waals surface area contributed by atoms with E-state index in [1.807, 2.05) is 24.3 Å². The zero-order valence-corrected chi connectivity index (χ0v) is 15.5. The van der Waals surface area contributed by atoms with Crippen molar-refractivity contribution in [2.75, 3.05) is 13.7 Å². The van der Waals surface area contributed by atoms with E-state index in [0.29, 0.717) is 24.3 Å². The Bertz CT molecular complexity index is 836. The van der Waals surface area contributed by atoms with Crippen LogP contribution in [0, 0.1) is 0 Å². The molecule has 0 radical (unpaired) electrons. The van der Waals surface area contributed by atoms with E-state index < -0.39 is 0 Å². The lowest BCUT2D eigenvalue weighted by Gasteiger charge is -2.28. The van der Waals surface area contributed by atoms with E-state index in [1.165, 1.54) is 10.5 Å². The third kappa shape index (κ3) is 3.47. The van der Waals surface area contributed by atoms with E-state index in [9.17, 15) is 9.59 Å². The number of methoxy groups -OCH3 is 1. The number of rotatable bonds is 4. The molecule has 2 saturated heterocycles. The standard InChI is InChI=1S/C22H24N2O3/c1-27-20-10-6-5-9-19(20)22(26)24-15-18-12-11-17(13-21(24)25)23(18)14-16-7-3-2-4-8-16/h2-10,17-18H,11-15H2,1H3/t17-,18-/m1/s1. The molecule has 2 heterocycles. The molecule has 0 spiro atoms.